The van der Waals surface area contributed by atoms with Crippen LogP contribution in [0.3, 0.4) is 0 Å². The van der Waals surface area contributed by atoms with Crippen LogP contribution in [-0.2, 0) is 0 Å². The third-order valence-corrected chi connectivity index (χ3v) is 4.01. The number of rotatable bonds is 1. The van der Waals surface area contributed by atoms with Gasteiger partial charge in [0.25, 0.3) is 0 Å². The summed E-state index contributed by atoms with van der Waals surface area (Å²) in [7, 11) is 0. The Labute approximate surface area is 97.7 Å². The van der Waals surface area contributed by atoms with Crippen LogP contribution in [0.15, 0.2) is 54.6 Å². The highest BCUT2D eigenvalue weighted by atomic mass is 14.4. The molecule has 0 heteroatoms. The summed E-state index contributed by atoms with van der Waals surface area (Å²) in [6.07, 6.45) is 13.4. The first-order chi connectivity index (χ1) is 7.95. The second-order valence-corrected chi connectivity index (χ2v) is 4.96. The molecule has 3 rings (SSSR count). The fourth-order valence-electron chi connectivity index (χ4n) is 3.28. The first kappa shape index (κ1) is 9.89. The molecule has 0 nitrogen and oxygen atoms in total. The molecule has 1 saturated carbocycles. The molecule has 2 aliphatic carbocycles. The zero-order valence-electron chi connectivity index (χ0n) is 9.55. The molecule has 2 atom stereocenters. The van der Waals surface area contributed by atoms with E-state index in [9.17, 15) is 0 Å². The summed E-state index contributed by atoms with van der Waals surface area (Å²) in [6, 6.07) is 11.0. The van der Waals surface area contributed by atoms with Crippen LogP contribution in [0.4, 0.5) is 0 Å². The maximum Gasteiger partial charge on any atom is -0.00359 e. The van der Waals surface area contributed by atoms with Gasteiger partial charge < -0.3 is 0 Å². The van der Waals surface area contributed by atoms with Crippen molar-refractivity contribution in [2.24, 2.45) is 11.8 Å². The van der Waals surface area contributed by atoms with Gasteiger partial charge in [-0.25, -0.2) is 0 Å². The van der Waals surface area contributed by atoms with Crippen molar-refractivity contribution in [1.82, 2.24) is 0 Å². The van der Waals surface area contributed by atoms with Gasteiger partial charge in [0.05, 0.1) is 0 Å². The van der Waals surface area contributed by atoms with Gasteiger partial charge in [-0.15, -0.1) is 0 Å². The number of benzene rings is 1. The van der Waals surface area contributed by atoms with Crippen molar-refractivity contribution in [2.75, 3.05) is 0 Å². The average molecular weight is 210 g/mol. The Balaban J connectivity index is 1.99. The van der Waals surface area contributed by atoms with Gasteiger partial charge in [-0.2, -0.15) is 0 Å². The number of hydrogen-bond donors (Lipinski definition) is 0. The Morgan fingerprint density at radius 1 is 0.812 bits per heavy atom. The molecule has 16 heavy (non-hydrogen) atoms. The van der Waals surface area contributed by atoms with E-state index in [-0.39, 0.29) is 0 Å². The lowest BCUT2D eigenvalue weighted by Crippen LogP contribution is -2.23. The summed E-state index contributed by atoms with van der Waals surface area (Å²) in [4.78, 5) is 0. The first-order valence-electron chi connectivity index (χ1n) is 6.35. The smallest absolute Gasteiger partial charge is 0.00359 e. The van der Waals surface area contributed by atoms with Crippen molar-refractivity contribution in [3.8, 4) is 0 Å². The molecular formula is C16H18. The van der Waals surface area contributed by atoms with Gasteiger partial charge in [-0.1, -0.05) is 61.1 Å². The number of hydrogen-bond acceptors (Lipinski definition) is 0. The maximum absolute atomic E-state index is 2.41. The van der Waals surface area contributed by atoms with E-state index < -0.39 is 0 Å². The molecule has 82 valence electrons. The van der Waals surface area contributed by atoms with Crippen LogP contribution >= 0.6 is 0 Å². The summed E-state index contributed by atoms with van der Waals surface area (Å²) in [5.74, 6) is 2.21. The molecule has 1 aromatic carbocycles. The normalized spacial score (nSPS) is 32.4. The molecular weight excluding hydrogens is 192 g/mol. The highest BCUT2D eigenvalue weighted by Gasteiger charge is 2.32. The molecule has 1 fully saturated rings. The molecule has 0 radical (unpaired) electrons. The number of allylic oxidation sites excluding steroid dienone is 4. The summed E-state index contributed by atoms with van der Waals surface area (Å²) >= 11 is 0. The van der Waals surface area contributed by atoms with E-state index in [4.69, 9.17) is 0 Å². The van der Waals surface area contributed by atoms with Crippen LogP contribution in [0.2, 0.25) is 0 Å². The van der Waals surface area contributed by atoms with Crippen LogP contribution in [0.5, 0.6) is 0 Å². The van der Waals surface area contributed by atoms with Gasteiger partial charge >= 0.3 is 0 Å². The minimum Gasteiger partial charge on any atom is -0.0808 e. The molecule has 0 saturated heterocycles. The molecule has 2 aliphatic rings. The zero-order valence-corrected chi connectivity index (χ0v) is 9.55. The van der Waals surface area contributed by atoms with Crippen molar-refractivity contribution in [1.29, 1.82) is 0 Å². The van der Waals surface area contributed by atoms with Gasteiger partial charge in [0.15, 0.2) is 0 Å². The summed E-state index contributed by atoms with van der Waals surface area (Å²) in [5, 5.41) is 0. The summed E-state index contributed by atoms with van der Waals surface area (Å²) in [6.45, 7) is 0. The molecule has 1 aromatic rings. The third kappa shape index (κ3) is 1.73. The molecule has 0 heterocycles. The lowest BCUT2D eigenvalue weighted by atomic mass is 9.69. The van der Waals surface area contributed by atoms with Crippen molar-refractivity contribution in [3.63, 3.8) is 0 Å². The second kappa shape index (κ2) is 4.29. The Kier molecular flexibility index (Phi) is 2.65. The fourth-order valence-corrected chi connectivity index (χ4v) is 3.28. The SMILES string of the molecule is C1=CC2CCCC(C=C1)C2c1ccccc1. The van der Waals surface area contributed by atoms with Crippen LogP contribution in [0.25, 0.3) is 0 Å². The molecule has 0 N–H and O–H groups in total. The van der Waals surface area contributed by atoms with E-state index in [1.807, 2.05) is 0 Å². The predicted molar refractivity (Wildman–Crippen MR) is 68.3 cm³/mol. The van der Waals surface area contributed by atoms with E-state index in [1.54, 1.807) is 0 Å². The highest BCUT2D eigenvalue weighted by molar-refractivity contribution is 5.28. The summed E-state index contributed by atoms with van der Waals surface area (Å²) in [5.41, 5.74) is 1.52. The quantitative estimate of drug-likeness (QED) is 0.648. The maximum atomic E-state index is 2.41. The molecule has 0 amide bonds. The third-order valence-electron chi connectivity index (χ3n) is 4.01. The fraction of sp³-hybridized carbons (Fsp3) is 0.375. The zero-order chi connectivity index (χ0) is 10.8. The molecule has 0 aromatic heterocycles. The number of fused-ring (bicyclic) bond motifs is 2. The monoisotopic (exact) mass is 210 g/mol. The predicted octanol–water partition coefficient (Wildman–Crippen LogP) is 4.31. The van der Waals surface area contributed by atoms with E-state index in [1.165, 1.54) is 24.8 Å². The standard InChI is InChI=1S/C16H18/c1-2-7-13(8-3-1)16-14-9-4-5-10-15(16)12-6-11-14/h1-5,7-10,14-16H,6,11-12H2. The largest absolute Gasteiger partial charge is 0.0808 e. The van der Waals surface area contributed by atoms with Crippen molar-refractivity contribution < 1.29 is 0 Å². The minimum atomic E-state index is 0.713. The van der Waals surface area contributed by atoms with Crippen molar-refractivity contribution >= 4 is 0 Å². The van der Waals surface area contributed by atoms with Crippen LogP contribution in [0.1, 0.15) is 30.7 Å². The van der Waals surface area contributed by atoms with Gasteiger partial charge in [-0.3, -0.25) is 0 Å². The van der Waals surface area contributed by atoms with Crippen LogP contribution in [0, 0.1) is 11.8 Å². The first-order valence-corrected chi connectivity index (χ1v) is 6.35. The topological polar surface area (TPSA) is 0 Å². The second-order valence-electron chi connectivity index (χ2n) is 4.96. The minimum absolute atomic E-state index is 0.713. The Hall–Kier alpha value is -1.30. The van der Waals surface area contributed by atoms with Crippen LogP contribution in [-0.4, -0.2) is 0 Å². The summed E-state index contributed by atoms with van der Waals surface area (Å²) < 4.78 is 0. The van der Waals surface area contributed by atoms with Gasteiger partial charge in [-0.05, 0) is 36.2 Å². The Morgan fingerprint density at radius 2 is 1.44 bits per heavy atom. The average Bonchev–Trinajstić information content (AvgIpc) is 2.46. The van der Waals surface area contributed by atoms with Crippen LogP contribution < -0.4 is 0 Å². The van der Waals surface area contributed by atoms with E-state index >= 15 is 0 Å². The molecule has 0 aliphatic heterocycles. The van der Waals surface area contributed by atoms with Crippen molar-refractivity contribution in [3.05, 3.63) is 60.2 Å². The van der Waals surface area contributed by atoms with Crippen molar-refractivity contribution in [2.45, 2.75) is 25.2 Å². The van der Waals surface area contributed by atoms with E-state index in [0.29, 0.717) is 5.92 Å². The van der Waals surface area contributed by atoms with E-state index in [0.717, 1.165) is 11.8 Å². The molecule has 2 unspecified atom stereocenters. The molecule has 2 bridgehead atoms. The van der Waals surface area contributed by atoms with Gasteiger partial charge in [0.2, 0.25) is 0 Å². The highest BCUT2D eigenvalue weighted by Crippen LogP contribution is 2.44. The van der Waals surface area contributed by atoms with E-state index in [2.05, 4.69) is 54.6 Å². The van der Waals surface area contributed by atoms with Gasteiger partial charge in [0.1, 0.15) is 0 Å². The Morgan fingerprint density at radius 3 is 2.06 bits per heavy atom. The lowest BCUT2D eigenvalue weighted by molar-refractivity contribution is 0.299. The Bertz CT molecular complexity index is 379. The lowest BCUT2D eigenvalue weighted by Gasteiger charge is -2.35. The van der Waals surface area contributed by atoms with Gasteiger partial charge in [0, 0.05) is 0 Å². The molecule has 0 spiro atoms.